The molecule has 1 amide bonds. The van der Waals surface area contributed by atoms with Crippen molar-refractivity contribution >= 4 is 11.6 Å². The molecule has 0 aliphatic carbocycles. The van der Waals surface area contributed by atoms with Crippen LogP contribution in [-0.4, -0.2) is 32.2 Å². The van der Waals surface area contributed by atoms with Crippen LogP contribution in [0.15, 0.2) is 24.3 Å². The molecule has 0 spiro atoms. The van der Waals surface area contributed by atoms with Gasteiger partial charge < -0.3 is 15.4 Å². The number of carbonyl (C=O) groups excluding carboxylic acids is 1. The molecule has 0 bridgehead atoms. The SMILES string of the molecule is COCC(N)C(=O)N1CCCc2ccccc21. The molecule has 1 atom stereocenters. The highest BCUT2D eigenvalue weighted by Crippen LogP contribution is 2.26. The molecule has 2 rings (SSSR count). The minimum atomic E-state index is -0.578. The van der Waals surface area contributed by atoms with Crippen molar-refractivity contribution in [2.45, 2.75) is 18.9 Å². The van der Waals surface area contributed by atoms with E-state index in [0.717, 1.165) is 25.1 Å². The number of hydrogen-bond acceptors (Lipinski definition) is 3. The lowest BCUT2D eigenvalue weighted by Crippen LogP contribution is -2.48. The number of aryl methyl sites for hydroxylation is 1. The number of nitrogens with zero attached hydrogens (tertiary/aromatic N) is 1. The molecule has 1 aliphatic heterocycles. The number of ether oxygens (including phenoxy) is 1. The summed E-state index contributed by atoms with van der Waals surface area (Å²) in [7, 11) is 1.55. The van der Waals surface area contributed by atoms with Gasteiger partial charge in [0.2, 0.25) is 5.91 Å². The third kappa shape index (κ3) is 2.48. The van der Waals surface area contributed by atoms with Crippen LogP contribution in [0.1, 0.15) is 12.0 Å². The van der Waals surface area contributed by atoms with Gasteiger partial charge in [-0.3, -0.25) is 4.79 Å². The number of fused-ring (bicyclic) bond motifs is 1. The maximum atomic E-state index is 12.2. The van der Waals surface area contributed by atoms with Gasteiger partial charge in [0.25, 0.3) is 0 Å². The molecule has 92 valence electrons. The summed E-state index contributed by atoms with van der Waals surface area (Å²) in [5.41, 5.74) is 8.01. The van der Waals surface area contributed by atoms with E-state index in [1.54, 1.807) is 12.0 Å². The maximum absolute atomic E-state index is 12.2. The van der Waals surface area contributed by atoms with Crippen LogP contribution in [0.4, 0.5) is 5.69 Å². The Kier molecular flexibility index (Phi) is 3.76. The van der Waals surface area contributed by atoms with E-state index in [0.29, 0.717) is 0 Å². The van der Waals surface area contributed by atoms with Gasteiger partial charge in [0, 0.05) is 19.3 Å². The van der Waals surface area contributed by atoms with Crippen LogP contribution < -0.4 is 10.6 Å². The van der Waals surface area contributed by atoms with Crippen molar-refractivity contribution < 1.29 is 9.53 Å². The molecular formula is C13H18N2O2. The fourth-order valence-corrected chi connectivity index (χ4v) is 2.21. The number of nitrogens with two attached hydrogens (primary N) is 1. The lowest BCUT2D eigenvalue weighted by atomic mass is 10.0. The van der Waals surface area contributed by atoms with Gasteiger partial charge in [-0.2, -0.15) is 0 Å². The highest BCUT2D eigenvalue weighted by molar-refractivity contribution is 5.98. The van der Waals surface area contributed by atoms with E-state index in [4.69, 9.17) is 10.5 Å². The van der Waals surface area contributed by atoms with E-state index in [-0.39, 0.29) is 12.5 Å². The second kappa shape index (κ2) is 5.29. The van der Waals surface area contributed by atoms with Crippen LogP contribution in [0, 0.1) is 0 Å². The van der Waals surface area contributed by atoms with Crippen molar-refractivity contribution in [3.63, 3.8) is 0 Å². The molecule has 1 aliphatic rings. The van der Waals surface area contributed by atoms with E-state index < -0.39 is 6.04 Å². The van der Waals surface area contributed by atoms with Gasteiger partial charge in [-0.15, -0.1) is 0 Å². The molecule has 0 saturated carbocycles. The van der Waals surface area contributed by atoms with Crippen LogP contribution >= 0.6 is 0 Å². The van der Waals surface area contributed by atoms with E-state index in [1.807, 2.05) is 18.2 Å². The third-order valence-electron chi connectivity index (χ3n) is 3.04. The molecule has 4 heteroatoms. The monoisotopic (exact) mass is 234 g/mol. The summed E-state index contributed by atoms with van der Waals surface area (Å²) >= 11 is 0. The first-order valence-electron chi connectivity index (χ1n) is 5.88. The van der Waals surface area contributed by atoms with Crippen molar-refractivity contribution in [2.75, 3.05) is 25.2 Å². The second-order valence-corrected chi connectivity index (χ2v) is 4.28. The summed E-state index contributed by atoms with van der Waals surface area (Å²) in [4.78, 5) is 14.0. The van der Waals surface area contributed by atoms with E-state index >= 15 is 0 Å². The number of benzene rings is 1. The summed E-state index contributed by atoms with van der Waals surface area (Å²) in [5.74, 6) is -0.0565. The summed E-state index contributed by atoms with van der Waals surface area (Å²) in [5, 5.41) is 0. The average Bonchev–Trinajstić information content (AvgIpc) is 2.37. The van der Waals surface area contributed by atoms with Crippen molar-refractivity contribution in [3.8, 4) is 0 Å². The van der Waals surface area contributed by atoms with Crippen LogP contribution in [0.3, 0.4) is 0 Å². The van der Waals surface area contributed by atoms with Crippen molar-refractivity contribution in [2.24, 2.45) is 5.73 Å². The highest BCUT2D eigenvalue weighted by atomic mass is 16.5. The topological polar surface area (TPSA) is 55.6 Å². The van der Waals surface area contributed by atoms with Gasteiger partial charge in [0.05, 0.1) is 6.61 Å². The number of rotatable bonds is 3. The van der Waals surface area contributed by atoms with Crippen molar-refractivity contribution in [3.05, 3.63) is 29.8 Å². The molecule has 0 saturated heterocycles. The first kappa shape index (κ1) is 12.1. The standard InChI is InChI=1S/C13H18N2O2/c1-17-9-11(14)13(16)15-8-4-6-10-5-2-3-7-12(10)15/h2-3,5,7,11H,4,6,8-9,14H2,1H3. The zero-order chi connectivity index (χ0) is 12.3. The van der Waals surface area contributed by atoms with Crippen LogP contribution in [0.2, 0.25) is 0 Å². The zero-order valence-corrected chi connectivity index (χ0v) is 10.1. The molecule has 1 unspecified atom stereocenters. The second-order valence-electron chi connectivity index (χ2n) is 4.28. The lowest BCUT2D eigenvalue weighted by Gasteiger charge is -2.31. The number of methoxy groups -OCH3 is 1. The molecule has 0 aromatic heterocycles. The van der Waals surface area contributed by atoms with Crippen LogP contribution in [0.25, 0.3) is 0 Å². The van der Waals surface area contributed by atoms with E-state index in [1.165, 1.54) is 5.56 Å². The first-order chi connectivity index (χ1) is 8.24. The van der Waals surface area contributed by atoms with Crippen LogP contribution in [0.5, 0.6) is 0 Å². The Morgan fingerprint density at radius 2 is 2.29 bits per heavy atom. The Morgan fingerprint density at radius 3 is 3.06 bits per heavy atom. The number of para-hydroxylation sites is 1. The van der Waals surface area contributed by atoms with Crippen molar-refractivity contribution in [1.82, 2.24) is 0 Å². The maximum Gasteiger partial charge on any atom is 0.246 e. The van der Waals surface area contributed by atoms with E-state index in [9.17, 15) is 4.79 Å². The molecular weight excluding hydrogens is 216 g/mol. The normalized spacial score (nSPS) is 16.5. The summed E-state index contributed by atoms with van der Waals surface area (Å²) in [6.45, 7) is 1.00. The Labute approximate surface area is 101 Å². The predicted octanol–water partition coefficient (Wildman–Crippen LogP) is 0.940. The Hall–Kier alpha value is -1.39. The van der Waals surface area contributed by atoms with Gasteiger partial charge >= 0.3 is 0 Å². The van der Waals surface area contributed by atoms with Crippen molar-refractivity contribution in [1.29, 1.82) is 0 Å². The fourth-order valence-electron chi connectivity index (χ4n) is 2.21. The van der Waals surface area contributed by atoms with Gasteiger partial charge in [-0.1, -0.05) is 18.2 Å². The lowest BCUT2D eigenvalue weighted by molar-refractivity contribution is -0.121. The summed E-state index contributed by atoms with van der Waals surface area (Å²) < 4.78 is 4.93. The van der Waals surface area contributed by atoms with Gasteiger partial charge in [-0.25, -0.2) is 0 Å². The third-order valence-corrected chi connectivity index (χ3v) is 3.04. The number of anilines is 1. The summed E-state index contributed by atoms with van der Waals surface area (Å²) in [6.07, 6.45) is 2.02. The molecule has 1 aromatic rings. The molecule has 2 N–H and O–H groups in total. The Bertz CT molecular complexity index is 406. The van der Waals surface area contributed by atoms with Crippen LogP contribution in [-0.2, 0) is 16.0 Å². The van der Waals surface area contributed by atoms with Gasteiger partial charge in [-0.05, 0) is 24.5 Å². The number of carbonyl (C=O) groups is 1. The number of hydrogen-bond donors (Lipinski definition) is 1. The zero-order valence-electron chi connectivity index (χ0n) is 10.1. The average molecular weight is 234 g/mol. The fraction of sp³-hybridized carbons (Fsp3) is 0.462. The van der Waals surface area contributed by atoms with Gasteiger partial charge in [0.1, 0.15) is 6.04 Å². The summed E-state index contributed by atoms with van der Waals surface area (Å²) in [6, 6.07) is 7.42. The molecule has 17 heavy (non-hydrogen) atoms. The molecule has 0 fully saturated rings. The van der Waals surface area contributed by atoms with Gasteiger partial charge in [0.15, 0.2) is 0 Å². The quantitative estimate of drug-likeness (QED) is 0.846. The minimum absolute atomic E-state index is 0.0565. The smallest absolute Gasteiger partial charge is 0.246 e. The van der Waals surface area contributed by atoms with E-state index in [2.05, 4.69) is 6.07 Å². The first-order valence-corrected chi connectivity index (χ1v) is 5.88. The Morgan fingerprint density at radius 1 is 1.53 bits per heavy atom. The molecule has 1 aromatic carbocycles. The predicted molar refractivity (Wildman–Crippen MR) is 67.0 cm³/mol. The molecule has 1 heterocycles. The molecule has 4 nitrogen and oxygen atoms in total. The number of amides is 1. The minimum Gasteiger partial charge on any atom is -0.383 e. The molecule has 0 radical (unpaired) electrons. The largest absolute Gasteiger partial charge is 0.383 e. The highest BCUT2D eigenvalue weighted by Gasteiger charge is 2.26. The Balaban J connectivity index is 2.20.